The van der Waals surface area contributed by atoms with E-state index in [4.69, 9.17) is 11.6 Å². The van der Waals surface area contributed by atoms with Crippen LogP contribution in [0.3, 0.4) is 0 Å². The monoisotopic (exact) mass is 573 g/mol. The summed E-state index contributed by atoms with van der Waals surface area (Å²) < 4.78 is 42.1. The van der Waals surface area contributed by atoms with Gasteiger partial charge >= 0.3 is 0 Å². The second kappa shape index (κ2) is 13.6. The number of nitrogens with one attached hydrogen (secondary N) is 1. The Morgan fingerprint density at radius 1 is 0.974 bits per heavy atom. The van der Waals surface area contributed by atoms with Gasteiger partial charge in [-0.15, -0.1) is 0 Å². The first-order valence-corrected chi connectivity index (χ1v) is 14.6. The lowest BCUT2D eigenvalue weighted by Gasteiger charge is -2.33. The lowest BCUT2D eigenvalue weighted by Crippen LogP contribution is -2.52. The summed E-state index contributed by atoms with van der Waals surface area (Å²) >= 11 is 6.39. The summed E-state index contributed by atoms with van der Waals surface area (Å²) in [6.45, 7) is 5.45. The SMILES string of the molecule is CCCNC(=O)[C@@H](CC)N(Cc1ccccc1Cl)C(=O)CN(c1ccc(C)cc1)S(=O)(=O)c1ccc(F)cc1. The number of amides is 2. The van der Waals surface area contributed by atoms with Crippen LogP contribution in [-0.2, 0) is 26.2 Å². The van der Waals surface area contributed by atoms with Crippen LogP contribution in [0, 0.1) is 12.7 Å². The Morgan fingerprint density at radius 2 is 1.62 bits per heavy atom. The van der Waals surface area contributed by atoms with Crippen molar-refractivity contribution in [2.24, 2.45) is 0 Å². The molecular weight excluding hydrogens is 541 g/mol. The molecule has 0 aliphatic carbocycles. The van der Waals surface area contributed by atoms with Gasteiger partial charge in [-0.05, 0) is 67.8 Å². The van der Waals surface area contributed by atoms with E-state index in [0.29, 0.717) is 23.6 Å². The van der Waals surface area contributed by atoms with E-state index < -0.39 is 34.3 Å². The van der Waals surface area contributed by atoms with Crippen molar-refractivity contribution < 1.29 is 22.4 Å². The van der Waals surface area contributed by atoms with Gasteiger partial charge in [0.25, 0.3) is 10.0 Å². The highest BCUT2D eigenvalue weighted by Crippen LogP contribution is 2.26. The van der Waals surface area contributed by atoms with Crippen LogP contribution in [0.15, 0.2) is 77.7 Å². The molecule has 0 aliphatic heterocycles. The third-order valence-corrected chi connectivity index (χ3v) is 8.39. The van der Waals surface area contributed by atoms with Crippen LogP contribution >= 0.6 is 11.6 Å². The van der Waals surface area contributed by atoms with Gasteiger partial charge < -0.3 is 10.2 Å². The van der Waals surface area contributed by atoms with Gasteiger partial charge in [0.1, 0.15) is 18.4 Å². The first-order valence-electron chi connectivity index (χ1n) is 12.7. The van der Waals surface area contributed by atoms with Crippen LogP contribution in [-0.4, -0.2) is 44.3 Å². The summed E-state index contributed by atoms with van der Waals surface area (Å²) in [6.07, 6.45) is 1.03. The number of anilines is 1. The van der Waals surface area contributed by atoms with E-state index in [0.717, 1.165) is 40.6 Å². The molecule has 39 heavy (non-hydrogen) atoms. The molecule has 208 valence electrons. The zero-order valence-electron chi connectivity index (χ0n) is 22.2. The maximum Gasteiger partial charge on any atom is 0.264 e. The number of halogens is 2. The highest BCUT2D eigenvalue weighted by Gasteiger charge is 2.33. The van der Waals surface area contributed by atoms with E-state index in [1.54, 1.807) is 55.5 Å². The summed E-state index contributed by atoms with van der Waals surface area (Å²) in [5.74, 6) is -1.50. The molecule has 0 saturated carbocycles. The summed E-state index contributed by atoms with van der Waals surface area (Å²) in [6, 6.07) is 17.2. The maximum absolute atomic E-state index is 14.0. The van der Waals surface area contributed by atoms with Crippen molar-refractivity contribution in [2.45, 2.75) is 51.1 Å². The molecule has 0 spiro atoms. The lowest BCUT2D eigenvalue weighted by molar-refractivity contribution is -0.140. The number of nitrogens with zero attached hydrogens (tertiary/aromatic N) is 2. The Labute approximate surface area is 234 Å². The average Bonchev–Trinajstić information content (AvgIpc) is 2.92. The topological polar surface area (TPSA) is 86.8 Å². The zero-order chi connectivity index (χ0) is 28.6. The number of carbonyl (C=O) groups excluding carboxylic acids is 2. The standard InChI is InChI=1S/C29H33ClFN3O4S/c1-4-18-32-29(36)27(5-2)33(19-22-8-6-7-9-26(22)30)28(35)20-34(24-14-10-21(3)11-15-24)39(37,38)25-16-12-23(31)13-17-25/h6-17,27H,4-5,18-20H2,1-3H3,(H,32,36)/t27-/m1/s1. The number of hydrogen-bond acceptors (Lipinski definition) is 4. The third-order valence-electron chi connectivity index (χ3n) is 6.24. The Balaban J connectivity index is 2.05. The molecule has 2 amide bonds. The van der Waals surface area contributed by atoms with Crippen molar-refractivity contribution in [2.75, 3.05) is 17.4 Å². The van der Waals surface area contributed by atoms with E-state index >= 15 is 0 Å². The van der Waals surface area contributed by atoms with Gasteiger partial charge in [-0.1, -0.05) is 61.3 Å². The second-order valence-corrected chi connectivity index (χ2v) is 11.4. The smallest absolute Gasteiger partial charge is 0.264 e. The summed E-state index contributed by atoms with van der Waals surface area (Å²) in [5, 5.41) is 3.26. The maximum atomic E-state index is 14.0. The molecule has 0 aliphatic rings. The second-order valence-electron chi connectivity index (χ2n) is 9.13. The van der Waals surface area contributed by atoms with Gasteiger partial charge in [0, 0.05) is 18.1 Å². The van der Waals surface area contributed by atoms with Crippen LogP contribution < -0.4 is 9.62 Å². The Bertz CT molecular complexity index is 1380. The van der Waals surface area contributed by atoms with Gasteiger partial charge in [-0.2, -0.15) is 0 Å². The molecule has 0 saturated heterocycles. The third kappa shape index (κ3) is 7.58. The van der Waals surface area contributed by atoms with E-state index in [-0.39, 0.29) is 23.0 Å². The first kappa shape index (κ1) is 30.1. The van der Waals surface area contributed by atoms with Crippen molar-refractivity contribution in [1.82, 2.24) is 10.2 Å². The fourth-order valence-corrected chi connectivity index (χ4v) is 5.68. The first-order chi connectivity index (χ1) is 18.6. The van der Waals surface area contributed by atoms with E-state index in [1.165, 1.54) is 4.90 Å². The Morgan fingerprint density at radius 3 is 2.21 bits per heavy atom. The van der Waals surface area contributed by atoms with E-state index in [2.05, 4.69) is 5.32 Å². The lowest BCUT2D eigenvalue weighted by atomic mass is 10.1. The highest BCUT2D eigenvalue weighted by atomic mass is 35.5. The predicted molar refractivity (Wildman–Crippen MR) is 151 cm³/mol. The average molecular weight is 574 g/mol. The van der Waals surface area contributed by atoms with E-state index in [1.807, 2.05) is 13.8 Å². The van der Waals surface area contributed by atoms with Crippen LogP contribution in [0.5, 0.6) is 0 Å². The zero-order valence-corrected chi connectivity index (χ0v) is 23.8. The minimum atomic E-state index is -4.27. The summed E-state index contributed by atoms with van der Waals surface area (Å²) in [5.41, 5.74) is 1.79. The normalized spacial score (nSPS) is 12.0. The molecule has 3 aromatic rings. The molecule has 0 heterocycles. The minimum Gasteiger partial charge on any atom is -0.354 e. The highest BCUT2D eigenvalue weighted by molar-refractivity contribution is 7.92. The van der Waals surface area contributed by atoms with Crippen LogP contribution in [0.2, 0.25) is 5.02 Å². The molecule has 0 radical (unpaired) electrons. The molecule has 3 aromatic carbocycles. The van der Waals surface area contributed by atoms with Crippen molar-refractivity contribution in [1.29, 1.82) is 0 Å². The number of carbonyl (C=O) groups is 2. The molecule has 1 N–H and O–H groups in total. The van der Waals surface area contributed by atoms with Crippen molar-refractivity contribution in [3.63, 3.8) is 0 Å². The van der Waals surface area contributed by atoms with Crippen molar-refractivity contribution in [3.8, 4) is 0 Å². The van der Waals surface area contributed by atoms with E-state index in [9.17, 15) is 22.4 Å². The molecule has 0 fully saturated rings. The Hall–Kier alpha value is -3.43. The fourth-order valence-electron chi connectivity index (χ4n) is 4.07. The largest absolute Gasteiger partial charge is 0.354 e. The van der Waals surface area contributed by atoms with Crippen LogP contribution in [0.25, 0.3) is 0 Å². The summed E-state index contributed by atoms with van der Waals surface area (Å²) in [7, 11) is -4.27. The van der Waals surface area contributed by atoms with Gasteiger partial charge in [0.15, 0.2) is 0 Å². The predicted octanol–water partition coefficient (Wildman–Crippen LogP) is 5.32. The number of aryl methyl sites for hydroxylation is 1. The van der Waals surface area contributed by atoms with Crippen LogP contribution in [0.4, 0.5) is 10.1 Å². The molecule has 0 unspecified atom stereocenters. The van der Waals surface area contributed by atoms with Crippen molar-refractivity contribution >= 4 is 39.1 Å². The molecule has 1 atom stereocenters. The van der Waals surface area contributed by atoms with Crippen LogP contribution in [0.1, 0.15) is 37.8 Å². The quantitative estimate of drug-likeness (QED) is 0.318. The molecule has 10 heteroatoms. The van der Waals surface area contributed by atoms with Gasteiger partial charge in [0.05, 0.1) is 10.6 Å². The molecule has 7 nitrogen and oxygen atoms in total. The van der Waals surface area contributed by atoms with Gasteiger partial charge in [-0.25, -0.2) is 12.8 Å². The molecular formula is C29H33ClFN3O4S. The Kier molecular flexibility index (Phi) is 10.5. The minimum absolute atomic E-state index is 0.00882. The summed E-state index contributed by atoms with van der Waals surface area (Å²) in [4.78, 5) is 28.3. The fraction of sp³-hybridized carbons (Fsp3) is 0.310. The number of sulfonamides is 1. The number of benzene rings is 3. The molecule has 0 bridgehead atoms. The molecule has 3 rings (SSSR count). The van der Waals surface area contributed by atoms with Gasteiger partial charge in [0.2, 0.25) is 11.8 Å². The number of rotatable bonds is 12. The molecule has 0 aromatic heterocycles. The number of hydrogen-bond donors (Lipinski definition) is 1. The van der Waals surface area contributed by atoms with Crippen molar-refractivity contribution in [3.05, 3.63) is 94.8 Å². The van der Waals surface area contributed by atoms with Gasteiger partial charge in [-0.3, -0.25) is 13.9 Å².